The third-order valence-corrected chi connectivity index (χ3v) is 4.50. The number of nitrogens with zero attached hydrogens (tertiary/aromatic N) is 1. The quantitative estimate of drug-likeness (QED) is 0.662. The summed E-state index contributed by atoms with van der Waals surface area (Å²) in [5.41, 5.74) is 3.68. The van der Waals surface area contributed by atoms with Gasteiger partial charge >= 0.3 is 0 Å². The molecule has 26 heavy (non-hydrogen) atoms. The Bertz CT molecular complexity index is 728. The van der Waals surface area contributed by atoms with Crippen molar-refractivity contribution in [2.75, 3.05) is 7.05 Å². The van der Waals surface area contributed by atoms with E-state index >= 15 is 0 Å². The van der Waals surface area contributed by atoms with Crippen LogP contribution in [0.2, 0.25) is 0 Å². The first-order valence-corrected chi connectivity index (χ1v) is 8.78. The average molecular weight is 378 g/mol. The lowest BCUT2D eigenvalue weighted by molar-refractivity contribution is -0.0920. The van der Waals surface area contributed by atoms with Gasteiger partial charge in [-0.1, -0.05) is 77.9 Å². The Kier molecular flexibility index (Phi) is 6.92. The Morgan fingerprint density at radius 1 is 0.808 bits per heavy atom. The number of rotatable bonds is 3. The number of benzene rings is 2. The molecule has 3 nitrogen and oxygen atoms in total. The van der Waals surface area contributed by atoms with Gasteiger partial charge < -0.3 is 10.3 Å². The number of aromatic hydroxyl groups is 1. The summed E-state index contributed by atoms with van der Waals surface area (Å²) in [6.07, 6.45) is 0. The molecule has 2 rings (SSSR count). The molecule has 0 aliphatic heterocycles. The highest BCUT2D eigenvalue weighted by molar-refractivity contribution is 5.85. The molecule has 1 unspecified atom stereocenters. The minimum Gasteiger partial charge on any atom is -0.508 e. The first-order chi connectivity index (χ1) is 11.4. The van der Waals surface area contributed by atoms with Crippen LogP contribution in [0, 0.1) is 0 Å². The molecule has 0 fully saturated rings. The SMILES string of the molecule is CN(O)C(c1ccccc1)c1ccc(O)c(C(C)(C)C)c1C(C)(C)C.Cl. The molecule has 0 aliphatic carbocycles. The molecule has 2 aromatic carbocycles. The van der Waals surface area contributed by atoms with Gasteiger partial charge in [-0.25, -0.2) is 0 Å². The van der Waals surface area contributed by atoms with Crippen molar-refractivity contribution in [3.63, 3.8) is 0 Å². The normalized spacial score (nSPS) is 13.4. The van der Waals surface area contributed by atoms with Crippen LogP contribution in [0.4, 0.5) is 0 Å². The third-order valence-electron chi connectivity index (χ3n) is 4.50. The van der Waals surface area contributed by atoms with Crippen LogP contribution >= 0.6 is 12.4 Å². The standard InChI is InChI=1S/C22H31NO2.ClH/c1-21(2,3)18-16(13-14-17(24)19(18)22(4,5)6)20(23(7)25)15-11-9-8-10-12-15;/h8-14,20,24-25H,1-7H3;1H. The minimum atomic E-state index is -0.294. The molecule has 4 heteroatoms. The molecule has 0 heterocycles. The summed E-state index contributed by atoms with van der Waals surface area (Å²) in [6.45, 7) is 12.8. The topological polar surface area (TPSA) is 43.7 Å². The van der Waals surface area contributed by atoms with E-state index in [1.165, 1.54) is 5.06 Å². The average Bonchev–Trinajstić information content (AvgIpc) is 2.47. The summed E-state index contributed by atoms with van der Waals surface area (Å²) < 4.78 is 0. The predicted molar refractivity (Wildman–Crippen MR) is 111 cm³/mol. The van der Waals surface area contributed by atoms with Crippen molar-refractivity contribution >= 4 is 12.4 Å². The Balaban J connectivity index is 0.00000338. The van der Waals surface area contributed by atoms with Crippen LogP contribution in [0.3, 0.4) is 0 Å². The molecular formula is C22H32ClNO2. The Morgan fingerprint density at radius 3 is 1.73 bits per heavy atom. The van der Waals surface area contributed by atoms with Gasteiger partial charge in [-0.15, -0.1) is 12.4 Å². The number of halogens is 1. The monoisotopic (exact) mass is 377 g/mol. The van der Waals surface area contributed by atoms with Gasteiger partial charge in [-0.3, -0.25) is 0 Å². The highest BCUT2D eigenvalue weighted by atomic mass is 35.5. The van der Waals surface area contributed by atoms with E-state index in [0.29, 0.717) is 5.75 Å². The van der Waals surface area contributed by atoms with E-state index in [0.717, 1.165) is 22.3 Å². The van der Waals surface area contributed by atoms with E-state index in [1.807, 2.05) is 36.4 Å². The van der Waals surface area contributed by atoms with Crippen molar-refractivity contribution in [3.05, 3.63) is 64.7 Å². The highest BCUT2D eigenvalue weighted by Gasteiger charge is 2.34. The van der Waals surface area contributed by atoms with Gasteiger partial charge in [0.2, 0.25) is 0 Å². The molecule has 0 saturated carbocycles. The summed E-state index contributed by atoms with van der Waals surface area (Å²) in [5.74, 6) is 0.313. The van der Waals surface area contributed by atoms with Gasteiger partial charge in [0.1, 0.15) is 5.75 Å². The second-order valence-electron chi connectivity index (χ2n) is 8.81. The smallest absolute Gasteiger partial charge is 0.119 e. The van der Waals surface area contributed by atoms with Gasteiger partial charge in [-0.2, -0.15) is 5.06 Å². The van der Waals surface area contributed by atoms with E-state index in [4.69, 9.17) is 0 Å². The minimum absolute atomic E-state index is 0. The van der Waals surface area contributed by atoms with Crippen LogP contribution in [-0.4, -0.2) is 22.4 Å². The number of hydrogen-bond donors (Lipinski definition) is 2. The van der Waals surface area contributed by atoms with Crippen LogP contribution in [0.15, 0.2) is 42.5 Å². The summed E-state index contributed by atoms with van der Waals surface area (Å²) in [7, 11) is 1.67. The van der Waals surface area contributed by atoms with Crippen LogP contribution in [0.25, 0.3) is 0 Å². The zero-order valence-corrected chi connectivity index (χ0v) is 17.7. The lowest BCUT2D eigenvalue weighted by Gasteiger charge is -2.36. The van der Waals surface area contributed by atoms with Crippen molar-refractivity contribution in [1.82, 2.24) is 5.06 Å². The highest BCUT2D eigenvalue weighted by Crippen LogP contribution is 2.44. The van der Waals surface area contributed by atoms with Crippen molar-refractivity contribution < 1.29 is 10.3 Å². The molecule has 0 aromatic heterocycles. The van der Waals surface area contributed by atoms with Crippen LogP contribution in [0.5, 0.6) is 5.75 Å². The maximum Gasteiger partial charge on any atom is 0.119 e. The largest absolute Gasteiger partial charge is 0.508 e. The van der Waals surface area contributed by atoms with E-state index in [1.54, 1.807) is 13.1 Å². The van der Waals surface area contributed by atoms with Crippen molar-refractivity contribution in [2.24, 2.45) is 0 Å². The maximum absolute atomic E-state index is 10.6. The zero-order valence-electron chi connectivity index (χ0n) is 16.9. The molecule has 0 spiro atoms. The Morgan fingerprint density at radius 2 is 1.31 bits per heavy atom. The number of phenolic OH excluding ortho intramolecular Hbond substituents is 1. The zero-order chi connectivity index (χ0) is 19.0. The first kappa shape index (κ1) is 22.5. The molecule has 1 atom stereocenters. The fourth-order valence-corrected chi connectivity index (χ4v) is 3.63. The number of hydroxylamine groups is 2. The summed E-state index contributed by atoms with van der Waals surface area (Å²) in [6, 6.07) is 13.4. The third kappa shape index (κ3) is 4.59. The second kappa shape index (κ2) is 7.99. The molecule has 0 bridgehead atoms. The summed E-state index contributed by atoms with van der Waals surface area (Å²) in [4.78, 5) is 0. The van der Waals surface area contributed by atoms with E-state index in [-0.39, 0.29) is 29.3 Å². The molecule has 0 amide bonds. The lowest BCUT2D eigenvalue weighted by atomic mass is 9.71. The first-order valence-electron chi connectivity index (χ1n) is 8.78. The second-order valence-corrected chi connectivity index (χ2v) is 8.81. The van der Waals surface area contributed by atoms with Crippen molar-refractivity contribution in [3.8, 4) is 5.75 Å². The molecule has 2 aromatic rings. The number of hydrogen-bond acceptors (Lipinski definition) is 3. The Hall–Kier alpha value is -1.55. The van der Waals surface area contributed by atoms with Crippen molar-refractivity contribution in [2.45, 2.75) is 58.4 Å². The van der Waals surface area contributed by atoms with Crippen LogP contribution < -0.4 is 0 Å². The maximum atomic E-state index is 10.6. The van der Waals surface area contributed by atoms with Crippen molar-refractivity contribution in [1.29, 1.82) is 0 Å². The van der Waals surface area contributed by atoms with Gasteiger partial charge in [0.15, 0.2) is 0 Å². The fraction of sp³-hybridized carbons (Fsp3) is 0.455. The molecular weight excluding hydrogens is 346 g/mol. The Labute approximate surface area is 164 Å². The lowest BCUT2D eigenvalue weighted by Crippen LogP contribution is -2.29. The van der Waals surface area contributed by atoms with E-state index in [2.05, 4.69) is 41.5 Å². The molecule has 0 saturated heterocycles. The van der Waals surface area contributed by atoms with Crippen LogP contribution in [0.1, 0.15) is 69.8 Å². The molecule has 144 valence electrons. The number of phenols is 1. The molecule has 0 radical (unpaired) electrons. The molecule has 0 aliphatic rings. The van der Waals surface area contributed by atoms with Gasteiger partial charge in [0, 0.05) is 12.6 Å². The van der Waals surface area contributed by atoms with Crippen LogP contribution in [-0.2, 0) is 10.8 Å². The van der Waals surface area contributed by atoms with Gasteiger partial charge in [0.05, 0.1) is 6.04 Å². The summed E-state index contributed by atoms with van der Waals surface area (Å²) >= 11 is 0. The van der Waals surface area contributed by atoms with E-state index in [9.17, 15) is 10.3 Å². The van der Waals surface area contributed by atoms with E-state index < -0.39 is 0 Å². The van der Waals surface area contributed by atoms with Gasteiger partial charge in [0.25, 0.3) is 0 Å². The molecule has 2 N–H and O–H groups in total. The predicted octanol–water partition coefficient (Wildman–Crippen LogP) is 5.82. The fourth-order valence-electron chi connectivity index (χ4n) is 3.63. The van der Waals surface area contributed by atoms with Gasteiger partial charge in [-0.05, 0) is 33.6 Å². The summed E-state index contributed by atoms with van der Waals surface area (Å²) in [5, 5.41) is 22.3.